The van der Waals surface area contributed by atoms with E-state index in [-0.39, 0.29) is 27.3 Å². The van der Waals surface area contributed by atoms with E-state index in [1.807, 2.05) is 20.8 Å². The van der Waals surface area contributed by atoms with E-state index in [4.69, 9.17) is 23.8 Å². The summed E-state index contributed by atoms with van der Waals surface area (Å²) in [6, 6.07) is 2.11. The van der Waals surface area contributed by atoms with Gasteiger partial charge in [0.2, 0.25) is 0 Å². The Morgan fingerprint density at radius 2 is 2.05 bits per heavy atom. The van der Waals surface area contributed by atoms with Crippen LogP contribution in [0.15, 0.2) is 0 Å². The Balaban J connectivity index is 2.44. The van der Waals surface area contributed by atoms with E-state index in [0.717, 1.165) is 0 Å². The fourth-order valence-corrected chi connectivity index (χ4v) is 2.81. The number of methoxy groups -OCH3 is 1. The quantitative estimate of drug-likeness (QED) is 0.674. The zero-order valence-corrected chi connectivity index (χ0v) is 13.3. The van der Waals surface area contributed by atoms with Crippen molar-refractivity contribution in [2.75, 3.05) is 13.7 Å². The molecule has 110 valence electrons. The van der Waals surface area contributed by atoms with Gasteiger partial charge in [-0.15, -0.1) is 0 Å². The second kappa shape index (κ2) is 7.52. The minimum absolute atomic E-state index is 0.0221. The first kappa shape index (κ1) is 16.8. The first-order chi connectivity index (χ1) is 8.91. The van der Waals surface area contributed by atoms with E-state index in [1.54, 1.807) is 7.11 Å². The standard InChI is InChI=1S/C13H24NO4P/c1-9-10(2)16-11(8-15-5)12(9)17-19-18-13(3,4)6-7-14/h9-12,19H,6,8H2,1-5H3. The molecular formula is C13H24NO4P. The summed E-state index contributed by atoms with van der Waals surface area (Å²) < 4.78 is 22.4. The topological polar surface area (TPSA) is 60.7 Å². The predicted octanol–water partition coefficient (Wildman–Crippen LogP) is 2.66. The Kier molecular flexibility index (Phi) is 6.65. The van der Waals surface area contributed by atoms with Crippen molar-refractivity contribution in [1.29, 1.82) is 5.26 Å². The van der Waals surface area contributed by atoms with E-state index < -0.39 is 5.60 Å². The van der Waals surface area contributed by atoms with Crippen molar-refractivity contribution in [3.63, 3.8) is 0 Å². The molecule has 0 saturated carbocycles. The average molecular weight is 289 g/mol. The van der Waals surface area contributed by atoms with E-state index in [2.05, 4.69) is 13.0 Å². The maximum Gasteiger partial charge on any atom is 0.155 e. The molecule has 6 heteroatoms. The lowest BCUT2D eigenvalue weighted by Gasteiger charge is -2.25. The molecule has 0 aliphatic carbocycles. The largest absolute Gasteiger partial charge is 0.382 e. The lowest BCUT2D eigenvalue weighted by atomic mass is 10.00. The molecule has 5 nitrogen and oxygen atoms in total. The lowest BCUT2D eigenvalue weighted by molar-refractivity contribution is -0.0245. The molecule has 5 atom stereocenters. The smallest absolute Gasteiger partial charge is 0.155 e. The molecule has 1 saturated heterocycles. The zero-order chi connectivity index (χ0) is 14.5. The summed E-state index contributed by atoms with van der Waals surface area (Å²) in [6.07, 6.45) is 0.427. The van der Waals surface area contributed by atoms with Gasteiger partial charge in [0.05, 0.1) is 36.9 Å². The molecule has 0 aromatic rings. The Morgan fingerprint density at radius 3 is 2.63 bits per heavy atom. The van der Waals surface area contributed by atoms with Gasteiger partial charge in [0, 0.05) is 13.0 Å². The maximum absolute atomic E-state index is 8.70. The number of hydrogen-bond acceptors (Lipinski definition) is 5. The van der Waals surface area contributed by atoms with Gasteiger partial charge in [0.15, 0.2) is 9.03 Å². The lowest BCUT2D eigenvalue weighted by Crippen LogP contribution is -2.31. The van der Waals surface area contributed by atoms with Crippen LogP contribution < -0.4 is 0 Å². The van der Waals surface area contributed by atoms with Crippen LogP contribution in [-0.2, 0) is 18.5 Å². The Bertz CT molecular complexity index is 318. The van der Waals surface area contributed by atoms with Crippen LogP contribution >= 0.6 is 9.03 Å². The third-order valence-electron chi connectivity index (χ3n) is 3.35. The molecule has 19 heavy (non-hydrogen) atoms. The highest BCUT2D eigenvalue weighted by atomic mass is 31.1. The van der Waals surface area contributed by atoms with Gasteiger partial charge in [0.25, 0.3) is 0 Å². The highest BCUT2D eigenvalue weighted by molar-refractivity contribution is 7.26. The van der Waals surface area contributed by atoms with Gasteiger partial charge < -0.3 is 18.5 Å². The van der Waals surface area contributed by atoms with Crippen molar-refractivity contribution < 1.29 is 18.5 Å². The highest BCUT2D eigenvalue weighted by Crippen LogP contribution is 2.36. The second-order valence-electron chi connectivity index (χ2n) is 5.56. The monoisotopic (exact) mass is 289 g/mol. The Hall–Kier alpha value is -0.240. The van der Waals surface area contributed by atoms with Crippen LogP contribution in [0.3, 0.4) is 0 Å². The fraction of sp³-hybridized carbons (Fsp3) is 0.923. The molecule has 0 radical (unpaired) electrons. The van der Waals surface area contributed by atoms with Crippen molar-refractivity contribution in [1.82, 2.24) is 0 Å². The second-order valence-corrected chi connectivity index (χ2v) is 6.16. The molecule has 1 aliphatic heterocycles. The average Bonchev–Trinajstić information content (AvgIpc) is 2.57. The van der Waals surface area contributed by atoms with Crippen LogP contribution in [0.4, 0.5) is 0 Å². The van der Waals surface area contributed by atoms with Gasteiger partial charge >= 0.3 is 0 Å². The van der Waals surface area contributed by atoms with Gasteiger partial charge in [-0.05, 0) is 20.8 Å². The maximum atomic E-state index is 8.70. The molecular weight excluding hydrogens is 265 g/mol. The summed E-state index contributed by atoms with van der Waals surface area (Å²) in [5.74, 6) is 0.301. The van der Waals surface area contributed by atoms with Crippen LogP contribution in [-0.4, -0.2) is 37.6 Å². The zero-order valence-electron chi connectivity index (χ0n) is 12.3. The van der Waals surface area contributed by atoms with Crippen LogP contribution in [0.25, 0.3) is 0 Å². The molecule has 0 aromatic heterocycles. The fourth-order valence-electron chi connectivity index (χ4n) is 1.98. The Morgan fingerprint density at radius 1 is 1.37 bits per heavy atom. The van der Waals surface area contributed by atoms with Crippen molar-refractivity contribution in [3.05, 3.63) is 0 Å². The molecule has 0 aromatic carbocycles. The molecule has 0 spiro atoms. The van der Waals surface area contributed by atoms with Crippen molar-refractivity contribution in [3.8, 4) is 6.07 Å². The summed E-state index contributed by atoms with van der Waals surface area (Å²) in [5, 5.41) is 8.70. The van der Waals surface area contributed by atoms with Crippen LogP contribution in [0.1, 0.15) is 34.1 Å². The van der Waals surface area contributed by atoms with Crippen LogP contribution in [0.2, 0.25) is 0 Å². The normalized spacial score (nSPS) is 32.0. The van der Waals surface area contributed by atoms with E-state index >= 15 is 0 Å². The van der Waals surface area contributed by atoms with Gasteiger partial charge in [0.1, 0.15) is 6.10 Å². The van der Waals surface area contributed by atoms with Gasteiger partial charge in [-0.2, -0.15) is 5.26 Å². The number of nitrogens with zero attached hydrogens (tertiary/aromatic N) is 1. The summed E-state index contributed by atoms with van der Waals surface area (Å²) in [7, 11) is 1.56. The minimum atomic E-state index is -0.474. The van der Waals surface area contributed by atoms with Gasteiger partial charge in [-0.3, -0.25) is 0 Å². The van der Waals surface area contributed by atoms with Crippen molar-refractivity contribution in [2.45, 2.75) is 58.0 Å². The first-order valence-electron chi connectivity index (χ1n) is 6.51. The SMILES string of the molecule is COCC1OC(C)C(C)C1OPOC(C)(C)CC#N. The molecule has 1 fully saturated rings. The molecule has 5 unspecified atom stereocenters. The van der Waals surface area contributed by atoms with Crippen molar-refractivity contribution >= 4 is 9.03 Å². The highest BCUT2D eigenvalue weighted by Gasteiger charge is 2.40. The van der Waals surface area contributed by atoms with E-state index in [0.29, 0.717) is 18.9 Å². The number of nitriles is 1. The molecule has 0 bridgehead atoms. The third kappa shape index (κ3) is 4.98. The molecule has 0 N–H and O–H groups in total. The summed E-state index contributed by atoms with van der Waals surface area (Å²) in [5.41, 5.74) is -0.474. The van der Waals surface area contributed by atoms with Gasteiger partial charge in [-0.1, -0.05) is 6.92 Å². The Labute approximate surface area is 117 Å². The minimum Gasteiger partial charge on any atom is -0.382 e. The molecule has 1 rings (SSSR count). The predicted molar refractivity (Wildman–Crippen MR) is 74.0 cm³/mol. The van der Waals surface area contributed by atoms with E-state index in [9.17, 15) is 0 Å². The molecule has 1 aliphatic rings. The molecule has 0 amide bonds. The third-order valence-corrected chi connectivity index (χ3v) is 4.36. The summed E-state index contributed by atoms with van der Waals surface area (Å²) in [4.78, 5) is 0. The number of ether oxygens (including phenoxy) is 2. The summed E-state index contributed by atoms with van der Waals surface area (Å²) >= 11 is 0. The summed E-state index contributed by atoms with van der Waals surface area (Å²) in [6.45, 7) is 8.44. The first-order valence-corrected chi connectivity index (χ1v) is 7.33. The van der Waals surface area contributed by atoms with Gasteiger partial charge in [-0.25, -0.2) is 0 Å². The number of hydrogen-bond donors (Lipinski definition) is 0. The van der Waals surface area contributed by atoms with Crippen molar-refractivity contribution in [2.24, 2.45) is 5.92 Å². The van der Waals surface area contributed by atoms with E-state index in [1.165, 1.54) is 0 Å². The number of rotatable bonds is 7. The van der Waals surface area contributed by atoms with Crippen LogP contribution in [0, 0.1) is 17.2 Å². The molecule has 1 heterocycles. The van der Waals surface area contributed by atoms with Crippen LogP contribution in [0.5, 0.6) is 0 Å².